The minimum Gasteiger partial charge on any atom is -0.338 e. The molecule has 3 aromatic rings. The second-order valence-electron chi connectivity index (χ2n) is 9.02. The van der Waals surface area contributed by atoms with E-state index in [1.54, 1.807) is 19.1 Å². The second kappa shape index (κ2) is 9.97. The van der Waals surface area contributed by atoms with E-state index < -0.39 is 0 Å². The Hall–Kier alpha value is -2.50. The Morgan fingerprint density at radius 2 is 1.78 bits per heavy atom. The topological polar surface area (TPSA) is 23.6 Å². The van der Waals surface area contributed by atoms with Gasteiger partial charge in [0.15, 0.2) is 0 Å². The quantitative estimate of drug-likeness (QED) is 0.456. The zero-order valence-electron chi connectivity index (χ0n) is 19.1. The highest BCUT2D eigenvalue weighted by atomic mass is 32.1. The van der Waals surface area contributed by atoms with Gasteiger partial charge < -0.3 is 4.90 Å². The van der Waals surface area contributed by atoms with Gasteiger partial charge in [-0.3, -0.25) is 9.69 Å². The third-order valence-corrected chi connectivity index (χ3v) is 7.55. The molecule has 0 spiro atoms. The number of aryl methyl sites for hydroxylation is 2. The summed E-state index contributed by atoms with van der Waals surface area (Å²) in [5, 5.41) is 2.16. The summed E-state index contributed by atoms with van der Waals surface area (Å²) in [6.07, 6.45) is 0. The normalized spacial score (nSPS) is 18.8. The highest BCUT2D eigenvalue weighted by Gasteiger charge is 2.35. The maximum absolute atomic E-state index is 13.3. The number of rotatable bonds is 7. The second-order valence-corrected chi connectivity index (χ2v) is 10.0. The van der Waals surface area contributed by atoms with Crippen LogP contribution in [0.4, 0.5) is 4.39 Å². The summed E-state index contributed by atoms with van der Waals surface area (Å²) in [5.41, 5.74) is 4.91. The number of likely N-dealkylation sites (tertiary alicyclic amines) is 1. The van der Waals surface area contributed by atoms with Crippen molar-refractivity contribution >= 4 is 17.2 Å². The lowest BCUT2D eigenvalue weighted by atomic mass is 9.88. The first kappa shape index (κ1) is 22.7. The van der Waals surface area contributed by atoms with E-state index in [0.29, 0.717) is 24.9 Å². The molecular formula is C27H31FN2OS. The molecule has 0 aliphatic carbocycles. The molecule has 1 saturated heterocycles. The van der Waals surface area contributed by atoms with E-state index >= 15 is 0 Å². The summed E-state index contributed by atoms with van der Waals surface area (Å²) in [4.78, 5) is 18.4. The summed E-state index contributed by atoms with van der Waals surface area (Å²) in [6.45, 7) is 10.0. The van der Waals surface area contributed by atoms with Crippen molar-refractivity contribution in [2.24, 2.45) is 5.92 Å². The summed E-state index contributed by atoms with van der Waals surface area (Å²) >= 11 is 1.82. The number of hydrogen-bond acceptors (Lipinski definition) is 3. The Balaban J connectivity index is 1.54. The molecular weight excluding hydrogens is 419 g/mol. The minimum absolute atomic E-state index is 0.0598. The van der Waals surface area contributed by atoms with Gasteiger partial charge in [-0.05, 0) is 60.0 Å². The fourth-order valence-corrected chi connectivity index (χ4v) is 5.58. The van der Waals surface area contributed by atoms with Crippen LogP contribution in [0.3, 0.4) is 0 Å². The molecule has 1 amide bonds. The van der Waals surface area contributed by atoms with Crippen LogP contribution >= 0.6 is 11.3 Å². The van der Waals surface area contributed by atoms with Crippen molar-refractivity contribution in [1.82, 2.24) is 9.80 Å². The van der Waals surface area contributed by atoms with Crippen molar-refractivity contribution in [3.05, 3.63) is 92.9 Å². The van der Waals surface area contributed by atoms with Crippen LogP contribution in [0.2, 0.25) is 0 Å². The Bertz CT molecular complexity index is 1040. The molecule has 0 bridgehead atoms. The number of carbonyl (C=O) groups excluding carboxylic acids is 1. The van der Waals surface area contributed by atoms with Crippen molar-refractivity contribution in [1.29, 1.82) is 0 Å². The standard InChI is InChI=1S/C27H31FN2OS/c1-19-4-8-23(9-5-19)26-17-29(18-27-20(2)12-13-32-27)15-24(26)16-30(21(3)31)14-22-6-10-25(28)11-7-22/h4-13,24,26H,14-18H2,1-3H3. The predicted octanol–water partition coefficient (Wildman–Crippen LogP) is 5.77. The molecule has 2 aromatic carbocycles. The van der Waals surface area contributed by atoms with Gasteiger partial charge in [0.2, 0.25) is 5.91 Å². The zero-order valence-corrected chi connectivity index (χ0v) is 19.9. The van der Waals surface area contributed by atoms with Crippen molar-refractivity contribution in [3.8, 4) is 0 Å². The third kappa shape index (κ3) is 5.45. The maximum atomic E-state index is 13.3. The van der Waals surface area contributed by atoms with Crippen LogP contribution < -0.4 is 0 Å². The molecule has 5 heteroatoms. The fraction of sp³-hybridized carbons (Fsp3) is 0.370. The van der Waals surface area contributed by atoms with Gasteiger partial charge >= 0.3 is 0 Å². The average Bonchev–Trinajstić information content (AvgIpc) is 3.35. The molecule has 1 aromatic heterocycles. The summed E-state index contributed by atoms with van der Waals surface area (Å²) in [7, 11) is 0. The number of thiophene rings is 1. The van der Waals surface area contributed by atoms with E-state index in [1.165, 1.54) is 33.7 Å². The zero-order chi connectivity index (χ0) is 22.7. The van der Waals surface area contributed by atoms with Crippen molar-refractivity contribution in [3.63, 3.8) is 0 Å². The number of carbonyl (C=O) groups is 1. The molecule has 4 rings (SSSR count). The minimum atomic E-state index is -0.252. The lowest BCUT2D eigenvalue weighted by Crippen LogP contribution is -2.35. The predicted molar refractivity (Wildman–Crippen MR) is 129 cm³/mol. The summed E-state index contributed by atoms with van der Waals surface area (Å²) in [6, 6.07) is 17.5. The number of amides is 1. The first-order valence-corrected chi connectivity index (χ1v) is 12.1. The maximum Gasteiger partial charge on any atom is 0.219 e. The number of nitrogens with zero attached hydrogens (tertiary/aromatic N) is 2. The van der Waals surface area contributed by atoms with Gasteiger partial charge in [-0.15, -0.1) is 11.3 Å². The van der Waals surface area contributed by atoms with Gasteiger partial charge in [0, 0.05) is 50.4 Å². The van der Waals surface area contributed by atoms with Crippen molar-refractivity contribution in [2.75, 3.05) is 19.6 Å². The van der Waals surface area contributed by atoms with Crippen LogP contribution in [0.5, 0.6) is 0 Å². The van der Waals surface area contributed by atoms with Crippen molar-refractivity contribution in [2.45, 2.75) is 39.8 Å². The van der Waals surface area contributed by atoms with Crippen LogP contribution in [-0.4, -0.2) is 35.3 Å². The number of halogens is 1. The van der Waals surface area contributed by atoms with Crippen LogP contribution in [0.1, 0.15) is 40.0 Å². The van der Waals surface area contributed by atoms with E-state index in [-0.39, 0.29) is 11.7 Å². The highest BCUT2D eigenvalue weighted by molar-refractivity contribution is 7.10. The Labute approximate surface area is 194 Å². The molecule has 0 radical (unpaired) electrons. The lowest BCUT2D eigenvalue weighted by Gasteiger charge is -2.28. The molecule has 2 unspecified atom stereocenters. The van der Waals surface area contributed by atoms with E-state index in [2.05, 4.69) is 54.5 Å². The van der Waals surface area contributed by atoms with Crippen LogP contribution in [0.15, 0.2) is 60.0 Å². The summed E-state index contributed by atoms with van der Waals surface area (Å²) in [5.74, 6) is 0.538. The molecule has 2 heterocycles. The molecule has 2 atom stereocenters. The molecule has 1 fully saturated rings. The van der Waals surface area contributed by atoms with Crippen LogP contribution in [0.25, 0.3) is 0 Å². The van der Waals surface area contributed by atoms with E-state index in [0.717, 1.165) is 25.2 Å². The van der Waals surface area contributed by atoms with Gasteiger partial charge in [0.25, 0.3) is 0 Å². The Morgan fingerprint density at radius 3 is 2.41 bits per heavy atom. The smallest absolute Gasteiger partial charge is 0.219 e. The SMILES string of the molecule is CC(=O)N(Cc1ccc(F)cc1)CC1CN(Cc2sccc2C)CC1c1ccc(C)cc1. The molecule has 0 N–H and O–H groups in total. The van der Waals surface area contributed by atoms with Gasteiger partial charge in [-0.2, -0.15) is 0 Å². The highest BCUT2D eigenvalue weighted by Crippen LogP contribution is 2.35. The Morgan fingerprint density at radius 1 is 1.06 bits per heavy atom. The number of hydrogen-bond donors (Lipinski definition) is 0. The molecule has 3 nitrogen and oxygen atoms in total. The molecule has 32 heavy (non-hydrogen) atoms. The van der Waals surface area contributed by atoms with Crippen LogP contribution in [0, 0.1) is 25.6 Å². The van der Waals surface area contributed by atoms with Gasteiger partial charge in [0.1, 0.15) is 5.82 Å². The molecule has 1 aliphatic rings. The first-order valence-electron chi connectivity index (χ1n) is 11.2. The summed E-state index contributed by atoms with van der Waals surface area (Å²) < 4.78 is 13.3. The third-order valence-electron chi connectivity index (χ3n) is 6.54. The fourth-order valence-electron chi connectivity index (χ4n) is 4.63. The first-order chi connectivity index (χ1) is 15.4. The molecule has 168 valence electrons. The van der Waals surface area contributed by atoms with E-state index in [4.69, 9.17) is 0 Å². The van der Waals surface area contributed by atoms with Gasteiger partial charge in [-0.25, -0.2) is 4.39 Å². The Kier molecular flexibility index (Phi) is 7.07. The van der Waals surface area contributed by atoms with Crippen LogP contribution in [-0.2, 0) is 17.9 Å². The monoisotopic (exact) mass is 450 g/mol. The average molecular weight is 451 g/mol. The van der Waals surface area contributed by atoms with Gasteiger partial charge in [0.05, 0.1) is 0 Å². The largest absolute Gasteiger partial charge is 0.338 e. The van der Waals surface area contributed by atoms with E-state index in [9.17, 15) is 9.18 Å². The lowest BCUT2D eigenvalue weighted by molar-refractivity contribution is -0.130. The van der Waals surface area contributed by atoms with Gasteiger partial charge in [-0.1, -0.05) is 42.0 Å². The molecule has 1 aliphatic heterocycles. The van der Waals surface area contributed by atoms with Crippen molar-refractivity contribution < 1.29 is 9.18 Å². The number of benzene rings is 2. The van der Waals surface area contributed by atoms with E-state index in [1.807, 2.05) is 16.2 Å². The molecule has 0 saturated carbocycles.